The highest BCUT2D eigenvalue weighted by atomic mass is 35.5. The SMILES string of the molecule is O=C(/C=C/c1ccc(Cl)c(Cl)c1)N1CCC(O)CC1. The van der Waals surface area contributed by atoms with Gasteiger partial charge in [0.25, 0.3) is 0 Å². The van der Waals surface area contributed by atoms with Gasteiger partial charge in [0.05, 0.1) is 16.1 Å². The van der Waals surface area contributed by atoms with Crippen molar-refractivity contribution in [2.24, 2.45) is 0 Å². The molecule has 1 N–H and O–H groups in total. The van der Waals surface area contributed by atoms with E-state index in [4.69, 9.17) is 23.2 Å². The maximum absolute atomic E-state index is 11.9. The van der Waals surface area contributed by atoms with Crippen molar-refractivity contribution in [1.82, 2.24) is 4.90 Å². The molecule has 19 heavy (non-hydrogen) atoms. The van der Waals surface area contributed by atoms with Crippen molar-refractivity contribution >= 4 is 35.2 Å². The van der Waals surface area contributed by atoms with Gasteiger partial charge in [-0.15, -0.1) is 0 Å². The number of carbonyl (C=O) groups excluding carboxylic acids is 1. The lowest BCUT2D eigenvalue weighted by atomic mass is 10.1. The molecule has 0 bridgehead atoms. The standard InChI is InChI=1S/C14H15Cl2NO2/c15-12-3-1-10(9-13(12)16)2-4-14(19)17-7-5-11(18)6-8-17/h1-4,9,11,18H,5-8H2/b4-2+. The second-order valence-corrected chi connectivity index (χ2v) is 5.38. The molecule has 1 saturated heterocycles. The van der Waals surface area contributed by atoms with Crippen molar-refractivity contribution in [3.8, 4) is 0 Å². The molecule has 1 amide bonds. The monoisotopic (exact) mass is 299 g/mol. The first-order valence-electron chi connectivity index (χ1n) is 6.16. The van der Waals surface area contributed by atoms with Crippen LogP contribution in [-0.2, 0) is 4.79 Å². The lowest BCUT2D eigenvalue weighted by Crippen LogP contribution is -2.39. The number of amides is 1. The van der Waals surface area contributed by atoms with E-state index in [0.29, 0.717) is 36.0 Å². The molecule has 1 aromatic rings. The van der Waals surface area contributed by atoms with Gasteiger partial charge in [-0.2, -0.15) is 0 Å². The maximum atomic E-state index is 11.9. The highest BCUT2D eigenvalue weighted by Gasteiger charge is 2.19. The Morgan fingerprint density at radius 3 is 2.58 bits per heavy atom. The van der Waals surface area contributed by atoms with Gasteiger partial charge in [0.15, 0.2) is 0 Å². The molecule has 1 aromatic carbocycles. The number of carbonyl (C=O) groups is 1. The third-order valence-corrected chi connectivity index (χ3v) is 3.88. The lowest BCUT2D eigenvalue weighted by molar-refractivity contribution is -0.127. The van der Waals surface area contributed by atoms with Crippen LogP contribution < -0.4 is 0 Å². The molecular formula is C14H15Cl2NO2. The molecule has 0 aliphatic carbocycles. The highest BCUT2D eigenvalue weighted by Crippen LogP contribution is 2.23. The zero-order chi connectivity index (χ0) is 13.8. The van der Waals surface area contributed by atoms with Gasteiger partial charge in [0.2, 0.25) is 5.91 Å². The van der Waals surface area contributed by atoms with Gasteiger partial charge >= 0.3 is 0 Å². The van der Waals surface area contributed by atoms with Gasteiger partial charge in [-0.1, -0.05) is 29.3 Å². The first-order chi connectivity index (χ1) is 9.06. The van der Waals surface area contributed by atoms with Crippen molar-refractivity contribution in [3.05, 3.63) is 39.9 Å². The average Bonchev–Trinajstić information content (AvgIpc) is 2.40. The van der Waals surface area contributed by atoms with Crippen LogP contribution in [0.1, 0.15) is 18.4 Å². The third kappa shape index (κ3) is 3.96. The molecule has 1 fully saturated rings. The van der Waals surface area contributed by atoms with E-state index in [0.717, 1.165) is 5.56 Å². The minimum atomic E-state index is -0.275. The number of halogens is 2. The van der Waals surface area contributed by atoms with E-state index in [2.05, 4.69) is 0 Å². The van der Waals surface area contributed by atoms with E-state index < -0.39 is 0 Å². The number of hydrogen-bond donors (Lipinski definition) is 1. The molecule has 0 saturated carbocycles. The Morgan fingerprint density at radius 2 is 1.95 bits per heavy atom. The Morgan fingerprint density at radius 1 is 1.26 bits per heavy atom. The number of piperidine rings is 1. The molecule has 5 heteroatoms. The summed E-state index contributed by atoms with van der Waals surface area (Å²) in [6.45, 7) is 1.21. The van der Waals surface area contributed by atoms with Crippen molar-refractivity contribution < 1.29 is 9.90 Å². The van der Waals surface area contributed by atoms with Gasteiger partial charge in [-0.25, -0.2) is 0 Å². The van der Waals surface area contributed by atoms with Crippen LogP contribution in [0.3, 0.4) is 0 Å². The number of aliphatic hydroxyl groups is 1. The van der Waals surface area contributed by atoms with Crippen LogP contribution in [0.4, 0.5) is 0 Å². The summed E-state index contributed by atoms with van der Waals surface area (Å²) in [6.07, 6.45) is 4.26. The fourth-order valence-electron chi connectivity index (χ4n) is 1.98. The molecule has 2 rings (SSSR count). The summed E-state index contributed by atoms with van der Waals surface area (Å²) < 4.78 is 0. The van der Waals surface area contributed by atoms with Crippen LogP contribution in [0.2, 0.25) is 10.0 Å². The predicted octanol–water partition coefficient (Wildman–Crippen LogP) is 2.99. The van der Waals surface area contributed by atoms with Crippen molar-refractivity contribution in [1.29, 1.82) is 0 Å². The summed E-state index contributed by atoms with van der Waals surface area (Å²) >= 11 is 11.7. The van der Waals surface area contributed by atoms with Crippen LogP contribution in [0.25, 0.3) is 6.08 Å². The Kier molecular flexibility index (Phi) is 4.86. The first kappa shape index (κ1) is 14.4. The van der Waals surface area contributed by atoms with Gasteiger partial charge in [-0.3, -0.25) is 4.79 Å². The minimum Gasteiger partial charge on any atom is -0.393 e. The minimum absolute atomic E-state index is 0.0435. The topological polar surface area (TPSA) is 40.5 Å². The van der Waals surface area contributed by atoms with Crippen LogP contribution in [0, 0.1) is 0 Å². The number of likely N-dealkylation sites (tertiary alicyclic amines) is 1. The Hall–Kier alpha value is -1.03. The summed E-state index contributed by atoms with van der Waals surface area (Å²) in [5.74, 6) is -0.0435. The number of hydrogen-bond acceptors (Lipinski definition) is 2. The molecule has 0 radical (unpaired) electrons. The van der Waals surface area contributed by atoms with Crippen molar-refractivity contribution in [3.63, 3.8) is 0 Å². The van der Waals surface area contributed by atoms with E-state index in [1.165, 1.54) is 6.08 Å². The Balaban J connectivity index is 1.98. The van der Waals surface area contributed by atoms with E-state index in [1.54, 1.807) is 29.2 Å². The van der Waals surface area contributed by atoms with Gasteiger partial charge in [0.1, 0.15) is 0 Å². The highest BCUT2D eigenvalue weighted by molar-refractivity contribution is 6.42. The fraction of sp³-hybridized carbons (Fsp3) is 0.357. The van der Waals surface area contributed by atoms with Gasteiger partial charge in [0, 0.05) is 19.2 Å². The quantitative estimate of drug-likeness (QED) is 0.853. The van der Waals surface area contributed by atoms with Gasteiger partial charge in [-0.05, 0) is 36.6 Å². The number of rotatable bonds is 2. The molecule has 102 valence electrons. The second kappa shape index (κ2) is 6.42. The molecule has 3 nitrogen and oxygen atoms in total. The van der Waals surface area contributed by atoms with Crippen LogP contribution in [0.15, 0.2) is 24.3 Å². The van der Waals surface area contributed by atoms with E-state index in [-0.39, 0.29) is 12.0 Å². The lowest BCUT2D eigenvalue weighted by Gasteiger charge is -2.28. The van der Waals surface area contributed by atoms with E-state index in [9.17, 15) is 9.90 Å². The van der Waals surface area contributed by atoms with Crippen LogP contribution in [-0.4, -0.2) is 35.1 Å². The third-order valence-electron chi connectivity index (χ3n) is 3.14. The Bertz CT molecular complexity index is 494. The molecule has 1 aliphatic heterocycles. The average molecular weight is 300 g/mol. The Labute approximate surface area is 122 Å². The molecule has 0 aromatic heterocycles. The zero-order valence-electron chi connectivity index (χ0n) is 10.4. The predicted molar refractivity (Wildman–Crippen MR) is 77.3 cm³/mol. The summed E-state index contributed by atoms with van der Waals surface area (Å²) in [6, 6.07) is 5.22. The van der Waals surface area contributed by atoms with E-state index in [1.807, 2.05) is 0 Å². The molecule has 1 heterocycles. The summed E-state index contributed by atoms with van der Waals surface area (Å²) in [7, 11) is 0. The smallest absolute Gasteiger partial charge is 0.246 e. The maximum Gasteiger partial charge on any atom is 0.246 e. The van der Waals surface area contributed by atoms with Crippen LogP contribution >= 0.6 is 23.2 Å². The first-order valence-corrected chi connectivity index (χ1v) is 6.92. The van der Waals surface area contributed by atoms with Crippen LogP contribution in [0.5, 0.6) is 0 Å². The molecule has 1 aliphatic rings. The fourth-order valence-corrected chi connectivity index (χ4v) is 2.28. The zero-order valence-corrected chi connectivity index (χ0v) is 11.9. The molecule has 0 unspecified atom stereocenters. The number of nitrogens with zero attached hydrogens (tertiary/aromatic N) is 1. The summed E-state index contributed by atoms with van der Waals surface area (Å²) in [4.78, 5) is 13.7. The molecule has 0 atom stereocenters. The summed E-state index contributed by atoms with van der Waals surface area (Å²) in [5, 5.41) is 10.4. The van der Waals surface area contributed by atoms with E-state index >= 15 is 0 Å². The molecular weight excluding hydrogens is 285 g/mol. The normalized spacial score (nSPS) is 17.1. The number of aliphatic hydroxyl groups excluding tert-OH is 1. The summed E-state index contributed by atoms with van der Waals surface area (Å²) in [5.41, 5.74) is 0.833. The van der Waals surface area contributed by atoms with Crippen molar-refractivity contribution in [2.75, 3.05) is 13.1 Å². The number of benzene rings is 1. The molecule has 0 spiro atoms. The van der Waals surface area contributed by atoms with Crippen molar-refractivity contribution in [2.45, 2.75) is 18.9 Å². The van der Waals surface area contributed by atoms with Gasteiger partial charge < -0.3 is 10.0 Å². The second-order valence-electron chi connectivity index (χ2n) is 4.56. The largest absolute Gasteiger partial charge is 0.393 e.